The van der Waals surface area contributed by atoms with Gasteiger partial charge in [-0.3, -0.25) is 4.98 Å². The Hall–Kier alpha value is -1.64. The molecule has 1 saturated carbocycles. The maximum absolute atomic E-state index is 4.38. The molecule has 1 aliphatic carbocycles. The lowest BCUT2D eigenvalue weighted by Crippen LogP contribution is -1.95. The molecule has 14 heavy (non-hydrogen) atoms. The van der Waals surface area contributed by atoms with E-state index >= 15 is 0 Å². The minimum absolute atomic E-state index is 0.681. The Kier molecular flexibility index (Phi) is 1.63. The van der Waals surface area contributed by atoms with Crippen LogP contribution in [0.15, 0.2) is 36.9 Å². The first-order valence-corrected chi connectivity index (χ1v) is 4.88. The molecule has 2 aromatic heterocycles. The average molecular weight is 185 g/mol. The fourth-order valence-corrected chi connectivity index (χ4v) is 1.68. The van der Waals surface area contributed by atoms with E-state index in [1.807, 2.05) is 18.3 Å². The standard InChI is InChI=1S/C11H11N3/c1-2-10(1)14-8-7-13-11(14)9-3-5-12-6-4-9/h3-8,10H,1-2H2. The Morgan fingerprint density at radius 3 is 2.64 bits per heavy atom. The van der Waals surface area contributed by atoms with Gasteiger partial charge in [0.2, 0.25) is 0 Å². The number of imidazole rings is 1. The topological polar surface area (TPSA) is 30.7 Å². The van der Waals surface area contributed by atoms with Gasteiger partial charge in [-0.1, -0.05) is 0 Å². The van der Waals surface area contributed by atoms with Crippen molar-refractivity contribution in [1.82, 2.24) is 14.5 Å². The quantitative estimate of drug-likeness (QED) is 0.718. The average Bonchev–Trinajstić information content (AvgIpc) is 2.98. The summed E-state index contributed by atoms with van der Waals surface area (Å²) < 4.78 is 2.26. The van der Waals surface area contributed by atoms with Gasteiger partial charge >= 0.3 is 0 Å². The van der Waals surface area contributed by atoms with Crippen molar-refractivity contribution in [2.24, 2.45) is 0 Å². The van der Waals surface area contributed by atoms with Crippen molar-refractivity contribution in [3.05, 3.63) is 36.9 Å². The van der Waals surface area contributed by atoms with Gasteiger partial charge in [0.1, 0.15) is 5.82 Å². The first-order chi connectivity index (χ1) is 6.95. The minimum Gasteiger partial charge on any atom is -0.328 e. The van der Waals surface area contributed by atoms with E-state index in [0.717, 1.165) is 11.4 Å². The van der Waals surface area contributed by atoms with Crippen molar-refractivity contribution in [2.75, 3.05) is 0 Å². The molecule has 0 aromatic carbocycles. The van der Waals surface area contributed by atoms with Crippen LogP contribution in [0.5, 0.6) is 0 Å². The maximum Gasteiger partial charge on any atom is 0.140 e. The molecule has 2 aromatic rings. The van der Waals surface area contributed by atoms with Crippen molar-refractivity contribution >= 4 is 0 Å². The minimum atomic E-state index is 0.681. The van der Waals surface area contributed by atoms with E-state index in [9.17, 15) is 0 Å². The van der Waals surface area contributed by atoms with Gasteiger partial charge in [0.15, 0.2) is 0 Å². The molecule has 70 valence electrons. The number of aromatic nitrogens is 3. The Morgan fingerprint density at radius 2 is 1.93 bits per heavy atom. The van der Waals surface area contributed by atoms with Gasteiger partial charge < -0.3 is 4.57 Å². The van der Waals surface area contributed by atoms with E-state index in [2.05, 4.69) is 20.7 Å². The maximum atomic E-state index is 4.38. The lowest BCUT2D eigenvalue weighted by atomic mass is 10.2. The summed E-state index contributed by atoms with van der Waals surface area (Å²) in [6.07, 6.45) is 10.1. The Labute approximate surface area is 82.4 Å². The molecule has 1 aliphatic rings. The van der Waals surface area contributed by atoms with Gasteiger partial charge in [-0.2, -0.15) is 0 Å². The monoisotopic (exact) mass is 185 g/mol. The summed E-state index contributed by atoms with van der Waals surface area (Å²) >= 11 is 0. The molecule has 0 radical (unpaired) electrons. The summed E-state index contributed by atoms with van der Waals surface area (Å²) in [4.78, 5) is 8.39. The zero-order valence-electron chi connectivity index (χ0n) is 7.80. The summed E-state index contributed by atoms with van der Waals surface area (Å²) in [6.45, 7) is 0. The van der Waals surface area contributed by atoms with Gasteiger partial charge in [-0.25, -0.2) is 4.98 Å². The molecule has 0 N–H and O–H groups in total. The molecule has 1 fully saturated rings. The summed E-state index contributed by atoms with van der Waals surface area (Å²) in [5.74, 6) is 1.06. The van der Waals surface area contributed by atoms with Crippen molar-refractivity contribution in [3.8, 4) is 11.4 Å². The first-order valence-electron chi connectivity index (χ1n) is 4.88. The summed E-state index contributed by atoms with van der Waals surface area (Å²) in [5.41, 5.74) is 1.15. The van der Waals surface area contributed by atoms with E-state index in [4.69, 9.17) is 0 Å². The summed E-state index contributed by atoms with van der Waals surface area (Å²) in [6, 6.07) is 4.68. The van der Waals surface area contributed by atoms with Crippen LogP contribution >= 0.6 is 0 Å². The van der Waals surface area contributed by atoms with Crippen LogP contribution in [0.25, 0.3) is 11.4 Å². The number of hydrogen-bond acceptors (Lipinski definition) is 2. The third-order valence-corrected chi connectivity index (χ3v) is 2.55. The zero-order chi connectivity index (χ0) is 9.38. The second-order valence-electron chi connectivity index (χ2n) is 3.63. The highest BCUT2D eigenvalue weighted by atomic mass is 15.1. The molecule has 0 aliphatic heterocycles. The van der Waals surface area contributed by atoms with Crippen molar-refractivity contribution < 1.29 is 0 Å². The molecular weight excluding hydrogens is 174 g/mol. The van der Waals surface area contributed by atoms with E-state index in [1.165, 1.54) is 12.8 Å². The van der Waals surface area contributed by atoms with Crippen LogP contribution in [0.2, 0.25) is 0 Å². The molecular formula is C11H11N3. The van der Waals surface area contributed by atoms with Gasteiger partial charge in [-0.15, -0.1) is 0 Å². The Bertz CT molecular complexity index is 429. The van der Waals surface area contributed by atoms with Crippen LogP contribution in [0.3, 0.4) is 0 Å². The molecule has 0 atom stereocenters. The number of hydrogen-bond donors (Lipinski definition) is 0. The molecule has 0 amide bonds. The second kappa shape index (κ2) is 2.94. The van der Waals surface area contributed by atoms with Crippen LogP contribution < -0.4 is 0 Å². The van der Waals surface area contributed by atoms with Crippen molar-refractivity contribution in [3.63, 3.8) is 0 Å². The third kappa shape index (κ3) is 1.21. The van der Waals surface area contributed by atoms with Crippen LogP contribution in [0.1, 0.15) is 18.9 Å². The molecule has 0 saturated heterocycles. The van der Waals surface area contributed by atoms with Crippen LogP contribution in [0, 0.1) is 0 Å². The molecule has 2 heterocycles. The highest BCUT2D eigenvalue weighted by Crippen LogP contribution is 2.37. The smallest absolute Gasteiger partial charge is 0.140 e. The van der Waals surface area contributed by atoms with E-state index in [1.54, 1.807) is 12.4 Å². The summed E-state index contributed by atoms with van der Waals surface area (Å²) in [7, 11) is 0. The fourth-order valence-electron chi connectivity index (χ4n) is 1.68. The van der Waals surface area contributed by atoms with Crippen LogP contribution in [0.4, 0.5) is 0 Å². The number of nitrogens with zero attached hydrogens (tertiary/aromatic N) is 3. The van der Waals surface area contributed by atoms with Crippen LogP contribution in [-0.4, -0.2) is 14.5 Å². The lowest BCUT2D eigenvalue weighted by molar-refractivity contribution is 0.749. The molecule has 0 bridgehead atoms. The molecule has 0 unspecified atom stereocenters. The van der Waals surface area contributed by atoms with Crippen LogP contribution in [-0.2, 0) is 0 Å². The molecule has 3 rings (SSSR count). The largest absolute Gasteiger partial charge is 0.328 e. The molecule has 3 heteroatoms. The van der Waals surface area contributed by atoms with Gasteiger partial charge in [-0.05, 0) is 25.0 Å². The normalized spacial score (nSPS) is 15.7. The lowest BCUT2D eigenvalue weighted by Gasteiger charge is -2.04. The van der Waals surface area contributed by atoms with Crippen molar-refractivity contribution in [2.45, 2.75) is 18.9 Å². The number of rotatable bonds is 2. The SMILES string of the molecule is c1cc(-c2nccn2C2CC2)ccn1. The van der Waals surface area contributed by atoms with E-state index in [-0.39, 0.29) is 0 Å². The molecule has 0 spiro atoms. The highest BCUT2D eigenvalue weighted by molar-refractivity contribution is 5.54. The molecule has 3 nitrogen and oxygen atoms in total. The van der Waals surface area contributed by atoms with E-state index < -0.39 is 0 Å². The number of pyridine rings is 1. The summed E-state index contributed by atoms with van der Waals surface area (Å²) in [5, 5.41) is 0. The highest BCUT2D eigenvalue weighted by Gasteiger charge is 2.25. The van der Waals surface area contributed by atoms with Gasteiger partial charge in [0.05, 0.1) is 0 Å². The second-order valence-corrected chi connectivity index (χ2v) is 3.63. The predicted octanol–water partition coefficient (Wildman–Crippen LogP) is 2.28. The first kappa shape index (κ1) is 7.74. The van der Waals surface area contributed by atoms with Crippen molar-refractivity contribution in [1.29, 1.82) is 0 Å². The van der Waals surface area contributed by atoms with Gasteiger partial charge in [0, 0.05) is 36.4 Å². The fraction of sp³-hybridized carbons (Fsp3) is 0.273. The Morgan fingerprint density at radius 1 is 1.14 bits per heavy atom. The van der Waals surface area contributed by atoms with E-state index in [0.29, 0.717) is 6.04 Å². The predicted molar refractivity (Wildman–Crippen MR) is 53.7 cm³/mol. The zero-order valence-corrected chi connectivity index (χ0v) is 7.80. The van der Waals surface area contributed by atoms with Gasteiger partial charge in [0.25, 0.3) is 0 Å². The Balaban J connectivity index is 2.07. The third-order valence-electron chi connectivity index (χ3n) is 2.55.